The van der Waals surface area contributed by atoms with Crippen molar-refractivity contribution in [1.29, 1.82) is 0 Å². The third-order valence-electron chi connectivity index (χ3n) is 8.31. The van der Waals surface area contributed by atoms with Crippen LogP contribution in [0.2, 0.25) is 0 Å². The van der Waals surface area contributed by atoms with Crippen molar-refractivity contribution in [2.24, 2.45) is 0 Å². The average Bonchev–Trinajstić information content (AvgIpc) is 3.43. The van der Waals surface area contributed by atoms with E-state index in [0.717, 1.165) is 31.6 Å². The Bertz CT molecular complexity index is 1600. The third-order valence-corrected chi connectivity index (χ3v) is 9.76. The molecule has 0 spiro atoms. The number of aliphatic hydroxyl groups excluding tert-OH is 1. The second kappa shape index (κ2) is 12.2. The minimum atomic E-state index is -4.62. The predicted octanol–water partition coefficient (Wildman–Crippen LogP) is 4.99. The summed E-state index contributed by atoms with van der Waals surface area (Å²) in [4.78, 5) is 17.5. The summed E-state index contributed by atoms with van der Waals surface area (Å²) >= 11 is 0. The number of benzene rings is 3. The molecule has 0 aliphatic carbocycles. The molecule has 3 aromatic rings. The zero-order valence-corrected chi connectivity index (χ0v) is 25.5. The Morgan fingerprint density at radius 3 is 2.41 bits per heavy atom. The van der Waals surface area contributed by atoms with Gasteiger partial charge in [-0.15, -0.1) is 0 Å². The van der Waals surface area contributed by atoms with E-state index in [9.17, 15) is 31.5 Å². The average molecular weight is 632 g/mol. The van der Waals surface area contributed by atoms with E-state index < -0.39 is 44.4 Å². The van der Waals surface area contributed by atoms with Gasteiger partial charge in [-0.05, 0) is 75.2 Å². The van der Waals surface area contributed by atoms with Gasteiger partial charge in [-0.2, -0.15) is 13.2 Å². The molecule has 0 radical (unpaired) electrons. The fourth-order valence-corrected chi connectivity index (χ4v) is 7.12. The van der Waals surface area contributed by atoms with Gasteiger partial charge in [-0.3, -0.25) is 9.69 Å². The molecule has 12 heteroatoms. The Labute approximate surface area is 255 Å². The van der Waals surface area contributed by atoms with Crippen molar-refractivity contribution in [2.45, 2.75) is 68.6 Å². The smallest absolute Gasteiger partial charge is 0.416 e. The number of aliphatic hydroxyl groups is 1. The summed E-state index contributed by atoms with van der Waals surface area (Å²) in [5, 5.41) is 11.2. The van der Waals surface area contributed by atoms with Crippen LogP contribution in [0.3, 0.4) is 0 Å². The molecule has 2 aliphatic heterocycles. The van der Waals surface area contributed by atoms with Crippen molar-refractivity contribution in [3.8, 4) is 5.75 Å². The Balaban J connectivity index is 1.39. The van der Waals surface area contributed by atoms with E-state index >= 15 is 0 Å². The Morgan fingerprint density at radius 1 is 1.09 bits per heavy atom. The lowest BCUT2D eigenvalue weighted by Crippen LogP contribution is -2.53. The molecule has 2 heterocycles. The van der Waals surface area contributed by atoms with Crippen molar-refractivity contribution in [3.63, 3.8) is 0 Å². The Morgan fingerprint density at radius 2 is 1.77 bits per heavy atom. The molecule has 0 saturated carbocycles. The van der Waals surface area contributed by atoms with Crippen molar-refractivity contribution >= 4 is 15.9 Å². The number of likely N-dealkylation sites (tertiary alicyclic amines) is 1. The van der Waals surface area contributed by atoms with Crippen molar-refractivity contribution < 1.29 is 36.2 Å². The molecule has 3 atom stereocenters. The number of nitrogens with zero attached hydrogens (tertiary/aromatic N) is 2. The van der Waals surface area contributed by atoms with Crippen LogP contribution in [0.25, 0.3) is 0 Å². The van der Waals surface area contributed by atoms with Gasteiger partial charge in [0.05, 0.1) is 16.5 Å². The lowest BCUT2D eigenvalue weighted by Gasteiger charge is -2.42. The largest absolute Gasteiger partial charge is 0.485 e. The van der Waals surface area contributed by atoms with E-state index in [1.807, 2.05) is 25.1 Å². The molecule has 8 nitrogen and oxygen atoms in total. The molecule has 3 aromatic carbocycles. The number of hydrogen-bond donors (Lipinski definition) is 2. The molecule has 1 amide bonds. The maximum absolute atomic E-state index is 13.8. The number of hydrogen-bond acceptors (Lipinski definition) is 6. The first kappa shape index (κ1) is 32.0. The number of likely N-dealkylation sites (N-methyl/N-ethyl adjacent to an activating group) is 1. The van der Waals surface area contributed by atoms with Crippen LogP contribution in [0, 0.1) is 0 Å². The summed E-state index contributed by atoms with van der Waals surface area (Å²) in [7, 11) is -4.38. The molecule has 236 valence electrons. The molecule has 44 heavy (non-hydrogen) atoms. The van der Waals surface area contributed by atoms with Gasteiger partial charge in [-0.1, -0.05) is 30.3 Å². The molecule has 2 N–H and O–H groups in total. The summed E-state index contributed by atoms with van der Waals surface area (Å²) in [5.41, 5.74) is -0.438. The summed E-state index contributed by atoms with van der Waals surface area (Å²) < 4.78 is 74.2. The second-order valence-electron chi connectivity index (χ2n) is 11.8. The minimum Gasteiger partial charge on any atom is -0.485 e. The first-order chi connectivity index (χ1) is 20.7. The van der Waals surface area contributed by atoms with Gasteiger partial charge in [-0.25, -0.2) is 13.1 Å². The predicted molar refractivity (Wildman–Crippen MR) is 158 cm³/mol. The molecule has 1 saturated heterocycles. The highest BCUT2D eigenvalue weighted by Gasteiger charge is 2.45. The minimum absolute atomic E-state index is 0.0120. The molecular weight excluding hydrogens is 595 g/mol. The zero-order valence-electron chi connectivity index (χ0n) is 24.7. The van der Waals surface area contributed by atoms with E-state index in [2.05, 4.69) is 21.8 Å². The number of fused-ring (bicyclic) bond motifs is 1. The first-order valence-electron chi connectivity index (χ1n) is 14.5. The highest BCUT2D eigenvalue weighted by molar-refractivity contribution is 7.89. The topological polar surface area (TPSA) is 99.2 Å². The standard InChI is InChI=1S/C32H36F3N3O5S/c1-4-38(24-16-17-37(20-24)19-21-8-6-5-7-9-21)30(40)22-10-15-27-26(18-22)28(29(39)31(2,3)43-27)36-44(41,42)25-13-11-23(12-14-25)32(33,34)35/h5-15,18,24,28-29,36,39H,4,16-17,19-20H2,1-3H3/t24?,28?,29-/m0/s1. The van der Waals surface area contributed by atoms with Gasteiger partial charge in [0.2, 0.25) is 10.0 Å². The van der Waals surface area contributed by atoms with Crippen LogP contribution in [0.4, 0.5) is 13.2 Å². The summed E-state index contributed by atoms with van der Waals surface area (Å²) in [5.74, 6) is 0.0560. The molecule has 2 unspecified atom stereocenters. The van der Waals surface area contributed by atoms with E-state index in [1.54, 1.807) is 30.9 Å². The maximum atomic E-state index is 13.8. The van der Waals surface area contributed by atoms with Gasteiger partial charge < -0.3 is 14.7 Å². The summed E-state index contributed by atoms with van der Waals surface area (Å²) in [6, 6.07) is 16.7. The number of carbonyl (C=O) groups excluding carboxylic acids is 1. The van der Waals surface area contributed by atoms with Gasteiger partial charge >= 0.3 is 6.18 Å². The number of carbonyl (C=O) groups is 1. The number of alkyl halides is 3. The summed E-state index contributed by atoms with van der Waals surface area (Å²) in [6.45, 7) is 7.91. The van der Waals surface area contributed by atoms with E-state index in [0.29, 0.717) is 30.8 Å². The maximum Gasteiger partial charge on any atom is 0.416 e. The van der Waals surface area contributed by atoms with E-state index in [1.165, 1.54) is 11.6 Å². The van der Waals surface area contributed by atoms with Crippen molar-refractivity contribution in [3.05, 3.63) is 95.1 Å². The molecule has 1 fully saturated rings. The fourth-order valence-electron chi connectivity index (χ4n) is 5.90. The van der Waals surface area contributed by atoms with Crippen LogP contribution in [-0.4, -0.2) is 66.6 Å². The van der Waals surface area contributed by atoms with Gasteiger partial charge in [0.1, 0.15) is 17.5 Å². The molecule has 0 aromatic heterocycles. The van der Waals surface area contributed by atoms with Crippen LogP contribution in [0.5, 0.6) is 5.75 Å². The Hall–Kier alpha value is -3.45. The van der Waals surface area contributed by atoms with Crippen LogP contribution in [0.1, 0.15) is 60.3 Å². The number of nitrogens with one attached hydrogen (secondary N) is 1. The molecule has 0 bridgehead atoms. The number of rotatable bonds is 8. The van der Waals surface area contributed by atoms with Crippen LogP contribution in [0.15, 0.2) is 77.7 Å². The highest BCUT2D eigenvalue weighted by atomic mass is 32.2. The van der Waals surface area contributed by atoms with Gasteiger partial charge in [0.15, 0.2) is 0 Å². The second-order valence-corrected chi connectivity index (χ2v) is 13.5. The van der Waals surface area contributed by atoms with Crippen LogP contribution < -0.4 is 9.46 Å². The number of halogens is 3. The highest BCUT2D eigenvalue weighted by Crippen LogP contribution is 2.41. The lowest BCUT2D eigenvalue weighted by atomic mass is 9.86. The zero-order chi connectivity index (χ0) is 31.9. The molecule has 5 rings (SSSR count). The first-order valence-corrected chi connectivity index (χ1v) is 16.0. The van der Waals surface area contributed by atoms with Gasteiger partial charge in [0, 0.05) is 43.3 Å². The fraction of sp³-hybridized carbons (Fsp3) is 0.406. The van der Waals surface area contributed by atoms with Crippen molar-refractivity contribution in [1.82, 2.24) is 14.5 Å². The normalized spacial score (nSPS) is 21.8. The lowest BCUT2D eigenvalue weighted by molar-refractivity contribution is -0.137. The SMILES string of the molecule is CCN(C(=O)c1ccc2c(c1)C(NS(=O)(=O)c1ccc(C(F)(F)F)cc1)[C@H](O)C(C)(C)O2)C1CCN(Cc2ccccc2)C1. The number of sulfonamides is 1. The molecule has 2 aliphatic rings. The van der Waals surface area contributed by atoms with E-state index in [4.69, 9.17) is 4.74 Å². The van der Waals surface area contributed by atoms with Gasteiger partial charge in [0.25, 0.3) is 5.91 Å². The molecular formula is C32H36F3N3O5S. The quantitative estimate of drug-likeness (QED) is 0.364. The van der Waals surface area contributed by atoms with E-state index in [-0.39, 0.29) is 23.3 Å². The third kappa shape index (κ3) is 6.63. The van der Waals surface area contributed by atoms with Crippen LogP contribution >= 0.6 is 0 Å². The van der Waals surface area contributed by atoms with Crippen molar-refractivity contribution in [2.75, 3.05) is 19.6 Å². The summed E-state index contributed by atoms with van der Waals surface area (Å²) in [6.07, 6.45) is -5.19. The monoisotopic (exact) mass is 631 g/mol. The Kier molecular flexibility index (Phi) is 8.83. The number of ether oxygens (including phenoxy) is 1. The van der Waals surface area contributed by atoms with Crippen LogP contribution in [-0.2, 0) is 22.7 Å². The number of amides is 1.